The van der Waals surface area contributed by atoms with E-state index in [2.05, 4.69) is 30.4 Å². The van der Waals surface area contributed by atoms with Gasteiger partial charge in [0, 0.05) is 6.07 Å². The van der Waals surface area contributed by atoms with Crippen LogP contribution in [0.2, 0.25) is 5.02 Å². The van der Waals surface area contributed by atoms with Gasteiger partial charge in [0.2, 0.25) is 0 Å². The summed E-state index contributed by atoms with van der Waals surface area (Å²) in [4.78, 5) is 14.7. The molecule has 0 saturated heterocycles. The average Bonchev–Trinajstić information content (AvgIpc) is 3.35. The van der Waals surface area contributed by atoms with Crippen molar-refractivity contribution in [2.45, 2.75) is 25.4 Å². The van der Waals surface area contributed by atoms with E-state index in [1.165, 1.54) is 12.4 Å². The normalized spacial score (nSPS) is 14.1. The number of nitrogens with two attached hydrogens (primary N) is 1. The van der Waals surface area contributed by atoms with E-state index < -0.39 is 24.0 Å². The molecule has 3 heterocycles. The predicted molar refractivity (Wildman–Crippen MR) is 105 cm³/mol. The Bertz CT molecular complexity index is 1240. The Kier molecular flexibility index (Phi) is 5.29. The van der Waals surface area contributed by atoms with Crippen molar-refractivity contribution in [3.63, 3.8) is 0 Å². The number of aromatic amines is 1. The molecule has 0 aliphatic rings. The second-order valence-electron chi connectivity index (χ2n) is 6.68. The Morgan fingerprint density at radius 2 is 2.03 bits per heavy atom. The third kappa shape index (κ3) is 4.17. The van der Waals surface area contributed by atoms with Crippen molar-refractivity contribution in [3.05, 3.63) is 52.6 Å². The summed E-state index contributed by atoms with van der Waals surface area (Å²) in [5, 5.41) is 17.1. The standard InChI is InChI=1S/C18H15ClF3N7O2/c1-7(26-17(30)14-13(19)15(23)25-6-24-14)12-5-11(29-31-12)16-27-9-3-2-8(18(20,21)22)4-10(9)28-16/h2-7,17,26,30H,1H3,(H,27,28)(H2,23,24,25)/t7-,17?/m1/s1. The van der Waals surface area contributed by atoms with Gasteiger partial charge in [-0.25, -0.2) is 15.0 Å². The van der Waals surface area contributed by atoms with E-state index in [0.717, 1.165) is 12.1 Å². The number of hydrogen-bond acceptors (Lipinski definition) is 8. The fourth-order valence-electron chi connectivity index (χ4n) is 2.90. The predicted octanol–water partition coefficient (Wildman–Crippen LogP) is 3.60. The molecule has 0 aliphatic heterocycles. The van der Waals surface area contributed by atoms with Crippen LogP contribution in [0.15, 0.2) is 35.1 Å². The number of anilines is 1. The van der Waals surface area contributed by atoms with Gasteiger partial charge in [0.25, 0.3) is 0 Å². The molecule has 0 saturated carbocycles. The molecular weight excluding hydrogens is 439 g/mol. The van der Waals surface area contributed by atoms with Crippen molar-refractivity contribution in [3.8, 4) is 11.5 Å². The monoisotopic (exact) mass is 453 g/mol. The fraction of sp³-hybridized carbons (Fsp3) is 0.222. The molecular formula is C18H15ClF3N7O2. The van der Waals surface area contributed by atoms with Crippen molar-refractivity contribution in [1.82, 2.24) is 30.4 Å². The number of imidazole rings is 1. The molecule has 0 spiro atoms. The number of H-pyrrole nitrogens is 1. The van der Waals surface area contributed by atoms with Crippen LogP contribution in [0, 0.1) is 0 Å². The zero-order chi connectivity index (χ0) is 22.3. The third-order valence-electron chi connectivity index (χ3n) is 4.52. The SMILES string of the molecule is C[C@@H](NC(O)c1ncnc(N)c1Cl)c1cc(-c2nc3ccc(C(F)(F)F)cc3[nH]2)no1. The molecule has 13 heteroatoms. The molecule has 0 aliphatic carbocycles. The number of benzene rings is 1. The van der Waals surface area contributed by atoms with Gasteiger partial charge < -0.3 is 20.3 Å². The lowest BCUT2D eigenvalue weighted by atomic mass is 10.2. The average molecular weight is 454 g/mol. The number of fused-ring (bicyclic) bond motifs is 1. The summed E-state index contributed by atoms with van der Waals surface area (Å²) in [6.45, 7) is 1.69. The lowest BCUT2D eigenvalue weighted by molar-refractivity contribution is -0.137. The topological polar surface area (TPSA) is 139 Å². The number of halogens is 4. The summed E-state index contributed by atoms with van der Waals surface area (Å²) >= 11 is 6.01. The van der Waals surface area contributed by atoms with Gasteiger partial charge in [0.05, 0.1) is 22.6 Å². The molecule has 0 fully saturated rings. The molecule has 162 valence electrons. The number of aliphatic hydroxyl groups excluding tert-OH is 1. The maximum absolute atomic E-state index is 12.9. The first-order chi connectivity index (χ1) is 14.6. The van der Waals surface area contributed by atoms with E-state index in [-0.39, 0.29) is 33.6 Å². The fourth-order valence-corrected chi connectivity index (χ4v) is 3.10. The second-order valence-corrected chi connectivity index (χ2v) is 7.06. The summed E-state index contributed by atoms with van der Waals surface area (Å²) < 4.78 is 44.0. The Hall–Kier alpha value is -3.22. The van der Waals surface area contributed by atoms with Gasteiger partial charge in [-0.3, -0.25) is 5.32 Å². The molecule has 0 amide bonds. The summed E-state index contributed by atoms with van der Waals surface area (Å²) in [5.74, 6) is 0.605. The Labute approximate surface area is 177 Å². The minimum absolute atomic E-state index is 0.0217. The van der Waals surface area contributed by atoms with Crippen molar-refractivity contribution in [1.29, 1.82) is 0 Å². The lowest BCUT2D eigenvalue weighted by Crippen LogP contribution is -2.25. The third-order valence-corrected chi connectivity index (χ3v) is 4.90. The van der Waals surface area contributed by atoms with E-state index in [1.807, 2.05) is 0 Å². The van der Waals surface area contributed by atoms with E-state index in [0.29, 0.717) is 11.3 Å². The number of alkyl halides is 3. The minimum atomic E-state index is -4.46. The van der Waals surface area contributed by atoms with Crippen molar-refractivity contribution in [2.24, 2.45) is 0 Å². The maximum atomic E-state index is 12.9. The summed E-state index contributed by atoms with van der Waals surface area (Å²) in [5.41, 5.74) is 5.77. The Morgan fingerprint density at radius 1 is 1.26 bits per heavy atom. The molecule has 4 rings (SSSR count). The van der Waals surface area contributed by atoms with Crippen molar-refractivity contribution in [2.75, 3.05) is 5.73 Å². The van der Waals surface area contributed by atoms with Crippen LogP contribution in [0.1, 0.15) is 36.2 Å². The molecule has 31 heavy (non-hydrogen) atoms. The van der Waals surface area contributed by atoms with Crippen LogP contribution in [-0.2, 0) is 6.18 Å². The number of nitrogens with zero attached hydrogens (tertiary/aromatic N) is 4. The van der Waals surface area contributed by atoms with Crippen LogP contribution in [0.4, 0.5) is 19.0 Å². The highest BCUT2D eigenvalue weighted by molar-refractivity contribution is 6.33. The van der Waals surface area contributed by atoms with Crippen LogP contribution < -0.4 is 11.1 Å². The van der Waals surface area contributed by atoms with Crippen LogP contribution >= 0.6 is 11.6 Å². The zero-order valence-electron chi connectivity index (χ0n) is 15.8. The van der Waals surface area contributed by atoms with Crippen LogP contribution in [0.5, 0.6) is 0 Å². The maximum Gasteiger partial charge on any atom is 0.416 e. The molecule has 2 atom stereocenters. The summed E-state index contributed by atoms with van der Waals surface area (Å²) in [6.07, 6.45) is -4.56. The Morgan fingerprint density at radius 3 is 2.77 bits per heavy atom. The van der Waals surface area contributed by atoms with Gasteiger partial charge in [-0.15, -0.1) is 0 Å². The minimum Gasteiger partial charge on any atom is -0.382 e. The largest absolute Gasteiger partial charge is 0.416 e. The van der Waals surface area contributed by atoms with Gasteiger partial charge in [-0.2, -0.15) is 13.2 Å². The van der Waals surface area contributed by atoms with E-state index >= 15 is 0 Å². The van der Waals surface area contributed by atoms with Gasteiger partial charge in [0.1, 0.15) is 34.8 Å². The van der Waals surface area contributed by atoms with Crippen molar-refractivity contribution >= 4 is 28.5 Å². The first kappa shape index (κ1) is 21.0. The second kappa shape index (κ2) is 7.80. The van der Waals surface area contributed by atoms with E-state index in [9.17, 15) is 18.3 Å². The molecule has 5 N–H and O–H groups in total. The molecule has 0 radical (unpaired) electrons. The molecule has 0 bridgehead atoms. The highest BCUT2D eigenvalue weighted by Gasteiger charge is 2.31. The number of nitrogen functional groups attached to an aromatic ring is 1. The molecule has 3 aromatic heterocycles. The first-order valence-corrected chi connectivity index (χ1v) is 9.25. The molecule has 4 aromatic rings. The smallest absolute Gasteiger partial charge is 0.382 e. The van der Waals surface area contributed by atoms with Crippen molar-refractivity contribution < 1.29 is 22.8 Å². The number of aromatic nitrogens is 5. The van der Waals surface area contributed by atoms with E-state index in [1.54, 1.807) is 13.0 Å². The molecule has 1 unspecified atom stereocenters. The van der Waals surface area contributed by atoms with Gasteiger partial charge >= 0.3 is 6.18 Å². The number of hydrogen-bond donors (Lipinski definition) is 4. The quantitative estimate of drug-likeness (QED) is 0.336. The molecule has 9 nitrogen and oxygen atoms in total. The highest BCUT2D eigenvalue weighted by Crippen LogP contribution is 2.32. The lowest BCUT2D eigenvalue weighted by Gasteiger charge is -2.17. The number of rotatable bonds is 5. The number of nitrogens with one attached hydrogen (secondary N) is 2. The summed E-state index contributed by atoms with van der Waals surface area (Å²) in [7, 11) is 0. The highest BCUT2D eigenvalue weighted by atomic mass is 35.5. The zero-order valence-corrected chi connectivity index (χ0v) is 16.5. The van der Waals surface area contributed by atoms with E-state index in [4.69, 9.17) is 21.9 Å². The van der Waals surface area contributed by atoms with Gasteiger partial charge in [0.15, 0.2) is 11.6 Å². The molecule has 1 aromatic carbocycles. The van der Waals surface area contributed by atoms with Crippen LogP contribution in [0.3, 0.4) is 0 Å². The van der Waals surface area contributed by atoms with Crippen LogP contribution in [0.25, 0.3) is 22.6 Å². The van der Waals surface area contributed by atoms with Crippen LogP contribution in [-0.4, -0.2) is 30.2 Å². The van der Waals surface area contributed by atoms with Gasteiger partial charge in [-0.05, 0) is 25.1 Å². The van der Waals surface area contributed by atoms with Gasteiger partial charge in [-0.1, -0.05) is 16.8 Å². The number of aliphatic hydroxyl groups is 1. The summed E-state index contributed by atoms with van der Waals surface area (Å²) in [6, 6.07) is 4.22. The first-order valence-electron chi connectivity index (χ1n) is 8.87. The Balaban J connectivity index is 1.54.